The highest BCUT2D eigenvalue weighted by Gasteiger charge is 1.89. The molecule has 0 aliphatic carbocycles. The molecule has 0 aromatic rings. The molecule has 0 rings (SSSR count). The average Bonchev–Trinajstić information content (AvgIpc) is 2.29. The van der Waals surface area contributed by atoms with Gasteiger partial charge in [0.2, 0.25) is 0 Å². The Morgan fingerprint density at radius 3 is 2.56 bits per heavy atom. The lowest BCUT2D eigenvalue weighted by atomic mass is 10.1. The molecule has 0 unspecified atom stereocenters. The van der Waals surface area contributed by atoms with E-state index in [1.165, 1.54) is 31.3 Å². The van der Waals surface area contributed by atoms with Crippen molar-refractivity contribution >= 4 is 0 Å². The van der Waals surface area contributed by atoms with Gasteiger partial charge >= 0.3 is 0 Å². The van der Waals surface area contributed by atoms with Crippen LogP contribution < -0.4 is 0 Å². The van der Waals surface area contributed by atoms with Gasteiger partial charge in [-0.25, -0.2) is 0 Å². The predicted molar refractivity (Wildman–Crippen MR) is 75.6 cm³/mol. The summed E-state index contributed by atoms with van der Waals surface area (Å²) in [6.07, 6.45) is 18.9. The van der Waals surface area contributed by atoms with Crippen LogP contribution in [-0.2, 0) is 0 Å². The normalized spacial score (nSPS) is 11.3. The Labute approximate surface area is 101 Å². The van der Waals surface area contributed by atoms with E-state index < -0.39 is 0 Å². The Kier molecular flexibility index (Phi) is 11.2. The Morgan fingerprint density at radius 1 is 1.06 bits per heavy atom. The molecule has 0 saturated carbocycles. The molecular formula is C16H26. The molecule has 0 atom stereocenters. The molecule has 0 aliphatic heterocycles. The molecule has 0 fully saturated rings. The van der Waals surface area contributed by atoms with Gasteiger partial charge in [0.1, 0.15) is 0 Å². The highest BCUT2D eigenvalue weighted by molar-refractivity contribution is 5.05. The SMILES string of the molecule is C=CC=CCCC(=C)CC=CCCCCC. The molecule has 0 heterocycles. The predicted octanol–water partition coefficient (Wildman–Crippen LogP) is 5.59. The van der Waals surface area contributed by atoms with Gasteiger partial charge in [-0.2, -0.15) is 0 Å². The van der Waals surface area contributed by atoms with E-state index in [1.807, 2.05) is 12.2 Å². The van der Waals surface area contributed by atoms with Crippen LogP contribution in [0.25, 0.3) is 0 Å². The van der Waals surface area contributed by atoms with Crippen molar-refractivity contribution in [2.24, 2.45) is 0 Å². The average molecular weight is 218 g/mol. The highest BCUT2D eigenvalue weighted by Crippen LogP contribution is 2.09. The van der Waals surface area contributed by atoms with Crippen LogP contribution in [0, 0.1) is 0 Å². The fraction of sp³-hybridized carbons (Fsp3) is 0.500. The molecule has 0 radical (unpaired) electrons. The van der Waals surface area contributed by atoms with Gasteiger partial charge in [0.15, 0.2) is 0 Å². The molecule has 0 aliphatic rings. The standard InChI is InChI=1S/C16H26/c1-4-6-8-10-11-13-15-16(3)14-12-9-7-5-2/h5,7,9,11,13H,2-4,6,8,10,12,14-15H2,1H3. The number of unbranched alkanes of at least 4 members (excludes halogenated alkanes) is 3. The molecule has 0 saturated heterocycles. The summed E-state index contributed by atoms with van der Waals surface area (Å²) < 4.78 is 0. The summed E-state index contributed by atoms with van der Waals surface area (Å²) in [5, 5.41) is 0. The molecule has 0 bridgehead atoms. The lowest BCUT2D eigenvalue weighted by molar-refractivity contribution is 0.728. The quantitative estimate of drug-likeness (QED) is 0.255. The largest absolute Gasteiger partial charge is 0.0995 e. The molecular weight excluding hydrogens is 192 g/mol. The summed E-state index contributed by atoms with van der Waals surface area (Å²) in [5.74, 6) is 0. The van der Waals surface area contributed by atoms with Gasteiger partial charge in [0.05, 0.1) is 0 Å². The maximum absolute atomic E-state index is 4.08. The lowest BCUT2D eigenvalue weighted by Crippen LogP contribution is -1.78. The van der Waals surface area contributed by atoms with E-state index in [0.29, 0.717) is 0 Å². The smallest absolute Gasteiger partial charge is 0.0141 e. The van der Waals surface area contributed by atoms with Gasteiger partial charge < -0.3 is 0 Å². The molecule has 0 spiro atoms. The molecule has 0 aromatic heterocycles. The van der Waals surface area contributed by atoms with Crippen molar-refractivity contribution < 1.29 is 0 Å². The van der Waals surface area contributed by atoms with Crippen molar-refractivity contribution in [3.63, 3.8) is 0 Å². The second-order valence-electron chi connectivity index (χ2n) is 4.12. The summed E-state index contributed by atoms with van der Waals surface area (Å²) in [7, 11) is 0. The number of hydrogen-bond donors (Lipinski definition) is 0. The number of allylic oxidation sites excluding steroid dienone is 6. The third-order valence-corrected chi connectivity index (χ3v) is 2.48. The van der Waals surface area contributed by atoms with Crippen molar-refractivity contribution in [2.45, 2.75) is 51.9 Å². The van der Waals surface area contributed by atoms with Crippen LogP contribution in [0.3, 0.4) is 0 Å². The third kappa shape index (κ3) is 11.0. The molecule has 16 heavy (non-hydrogen) atoms. The number of hydrogen-bond acceptors (Lipinski definition) is 0. The summed E-state index contributed by atoms with van der Waals surface area (Å²) in [6.45, 7) is 9.96. The van der Waals surface area contributed by atoms with Crippen molar-refractivity contribution in [3.8, 4) is 0 Å². The fourth-order valence-electron chi connectivity index (χ4n) is 1.46. The van der Waals surface area contributed by atoms with Crippen molar-refractivity contribution in [3.05, 3.63) is 49.1 Å². The zero-order chi connectivity index (χ0) is 12.1. The third-order valence-electron chi connectivity index (χ3n) is 2.48. The first-order chi connectivity index (χ1) is 7.81. The molecule has 0 nitrogen and oxygen atoms in total. The minimum Gasteiger partial charge on any atom is -0.0995 e. The first-order valence-electron chi connectivity index (χ1n) is 6.40. The zero-order valence-electron chi connectivity index (χ0n) is 10.8. The van der Waals surface area contributed by atoms with E-state index in [4.69, 9.17) is 0 Å². The first kappa shape index (κ1) is 15.0. The van der Waals surface area contributed by atoms with Crippen LogP contribution in [0.1, 0.15) is 51.9 Å². The minimum absolute atomic E-state index is 1.04. The maximum Gasteiger partial charge on any atom is -0.0141 e. The Hall–Kier alpha value is -1.04. The van der Waals surface area contributed by atoms with E-state index >= 15 is 0 Å². The van der Waals surface area contributed by atoms with Gasteiger partial charge in [-0.15, -0.1) is 0 Å². The maximum atomic E-state index is 4.08. The van der Waals surface area contributed by atoms with E-state index in [1.54, 1.807) is 0 Å². The highest BCUT2D eigenvalue weighted by atomic mass is 14.0. The monoisotopic (exact) mass is 218 g/mol. The van der Waals surface area contributed by atoms with Crippen LogP contribution in [0.4, 0.5) is 0 Å². The van der Waals surface area contributed by atoms with Crippen LogP contribution in [0.2, 0.25) is 0 Å². The van der Waals surface area contributed by atoms with Crippen LogP contribution >= 0.6 is 0 Å². The van der Waals surface area contributed by atoms with Crippen LogP contribution in [0.15, 0.2) is 49.1 Å². The van der Waals surface area contributed by atoms with E-state index in [0.717, 1.165) is 19.3 Å². The van der Waals surface area contributed by atoms with Gasteiger partial charge in [0.25, 0.3) is 0 Å². The zero-order valence-corrected chi connectivity index (χ0v) is 10.8. The van der Waals surface area contributed by atoms with Gasteiger partial charge in [-0.05, 0) is 32.1 Å². The summed E-state index contributed by atoms with van der Waals surface area (Å²) in [4.78, 5) is 0. The van der Waals surface area contributed by atoms with Crippen molar-refractivity contribution in [2.75, 3.05) is 0 Å². The Morgan fingerprint density at radius 2 is 1.88 bits per heavy atom. The van der Waals surface area contributed by atoms with Gasteiger partial charge in [0, 0.05) is 0 Å². The van der Waals surface area contributed by atoms with Crippen LogP contribution in [0.5, 0.6) is 0 Å². The van der Waals surface area contributed by atoms with Crippen LogP contribution in [-0.4, -0.2) is 0 Å². The second kappa shape index (κ2) is 12.0. The van der Waals surface area contributed by atoms with E-state index in [2.05, 4.69) is 38.3 Å². The van der Waals surface area contributed by atoms with Gasteiger partial charge in [-0.3, -0.25) is 0 Å². The first-order valence-corrected chi connectivity index (χ1v) is 6.40. The molecule has 0 N–H and O–H groups in total. The molecule has 90 valence electrons. The molecule has 0 heteroatoms. The summed E-state index contributed by atoms with van der Waals surface area (Å²) in [6, 6.07) is 0. The minimum atomic E-state index is 1.04. The Balaban J connectivity index is 3.42. The Bertz CT molecular complexity index is 230. The van der Waals surface area contributed by atoms with Crippen molar-refractivity contribution in [1.82, 2.24) is 0 Å². The van der Waals surface area contributed by atoms with E-state index in [9.17, 15) is 0 Å². The second-order valence-corrected chi connectivity index (χ2v) is 4.12. The fourth-order valence-corrected chi connectivity index (χ4v) is 1.46. The summed E-state index contributed by atoms with van der Waals surface area (Å²) >= 11 is 0. The van der Waals surface area contributed by atoms with Crippen molar-refractivity contribution in [1.29, 1.82) is 0 Å². The molecule has 0 amide bonds. The number of rotatable bonds is 10. The van der Waals surface area contributed by atoms with E-state index in [-0.39, 0.29) is 0 Å². The lowest BCUT2D eigenvalue weighted by Gasteiger charge is -1.98. The summed E-state index contributed by atoms with van der Waals surface area (Å²) in [5.41, 5.74) is 1.32. The van der Waals surface area contributed by atoms with Gasteiger partial charge in [-0.1, -0.05) is 68.9 Å². The molecule has 0 aromatic carbocycles. The topological polar surface area (TPSA) is 0 Å².